The van der Waals surface area contributed by atoms with E-state index in [1.165, 1.54) is 0 Å². The van der Waals surface area contributed by atoms with Gasteiger partial charge in [-0.25, -0.2) is 0 Å². The number of phosphoric acid groups is 1. The van der Waals surface area contributed by atoms with Gasteiger partial charge in [-0.05, 0) is 43.3 Å². The van der Waals surface area contributed by atoms with Gasteiger partial charge >= 0.3 is 24.3 Å². The minimum absolute atomic E-state index is 0.406. The number of phosphoric ester groups is 1. The van der Waals surface area contributed by atoms with E-state index in [0.717, 1.165) is 5.56 Å². The normalized spacial score (nSPS) is 11.5. The average Bonchev–Trinajstić information content (AvgIpc) is 2.70. The second-order valence-corrected chi connectivity index (χ2v) is 8.76. The van der Waals surface area contributed by atoms with Crippen LogP contribution in [0.3, 0.4) is 0 Å². The fourth-order valence-corrected chi connectivity index (χ4v) is 3.79. The maximum absolute atomic E-state index is 13.1. The van der Waals surface area contributed by atoms with E-state index >= 15 is 0 Å². The fourth-order valence-electron chi connectivity index (χ4n) is 2.06. The SMILES string of the molecule is Cc1ccc(OP(=O)(Oc2ccccc2)Oc2ccccc2)cc1.O=[P+](O)O[P+](=O)O. The third-order valence-corrected chi connectivity index (χ3v) is 5.72. The zero-order chi connectivity index (χ0) is 22.7. The Morgan fingerprint density at radius 2 is 1.00 bits per heavy atom. The molecule has 2 N–H and O–H groups in total. The van der Waals surface area contributed by atoms with Crippen molar-refractivity contribution >= 4 is 24.3 Å². The summed E-state index contributed by atoms with van der Waals surface area (Å²) in [4.78, 5) is 15.3. The quantitative estimate of drug-likeness (QED) is 0.373. The maximum atomic E-state index is 13.1. The molecule has 0 bridgehead atoms. The summed E-state index contributed by atoms with van der Waals surface area (Å²) in [5.41, 5.74) is 1.07. The summed E-state index contributed by atoms with van der Waals surface area (Å²) in [5.74, 6) is 1.23. The standard InChI is InChI=1S/C19H17O4P.O5P2/c1-16-12-14-19(15-13-16)23-24(20,21-17-8-4-2-5-9-17)22-18-10-6-3-7-11-18;1-6(2)5-7(3)4/h2-15H,1H3;/p+2. The lowest BCUT2D eigenvalue weighted by molar-refractivity contribution is 0.298. The van der Waals surface area contributed by atoms with Gasteiger partial charge < -0.3 is 13.6 Å². The average molecular weight is 484 g/mol. The Morgan fingerprint density at radius 3 is 1.32 bits per heavy atom. The van der Waals surface area contributed by atoms with Crippen LogP contribution in [0.5, 0.6) is 17.2 Å². The van der Waals surface area contributed by atoms with Crippen LogP contribution in [0.15, 0.2) is 84.9 Å². The molecule has 0 amide bonds. The van der Waals surface area contributed by atoms with E-state index in [1.807, 2.05) is 31.2 Å². The maximum Gasteiger partial charge on any atom is 0.745 e. The summed E-state index contributed by atoms with van der Waals surface area (Å²) >= 11 is 0. The van der Waals surface area contributed by atoms with Crippen molar-refractivity contribution in [2.24, 2.45) is 0 Å². The predicted molar refractivity (Wildman–Crippen MR) is 114 cm³/mol. The van der Waals surface area contributed by atoms with Crippen molar-refractivity contribution in [3.05, 3.63) is 90.5 Å². The smallest absolute Gasteiger partial charge is 0.386 e. The highest BCUT2D eigenvalue weighted by atomic mass is 31.2. The van der Waals surface area contributed by atoms with Gasteiger partial charge in [-0.15, -0.1) is 9.79 Å². The molecule has 0 saturated carbocycles. The molecule has 0 saturated heterocycles. The third-order valence-electron chi connectivity index (χ3n) is 3.30. The molecule has 12 heteroatoms. The molecular weight excluding hydrogens is 465 g/mol. The van der Waals surface area contributed by atoms with Crippen LogP contribution in [0.2, 0.25) is 0 Å². The summed E-state index contributed by atoms with van der Waals surface area (Å²) in [5, 5.41) is 0. The van der Waals surface area contributed by atoms with E-state index < -0.39 is 24.3 Å². The molecule has 3 aromatic rings. The van der Waals surface area contributed by atoms with Crippen molar-refractivity contribution in [1.29, 1.82) is 0 Å². The van der Waals surface area contributed by atoms with Crippen LogP contribution in [0, 0.1) is 6.92 Å². The lowest BCUT2D eigenvalue weighted by Crippen LogP contribution is -2.07. The van der Waals surface area contributed by atoms with Crippen molar-refractivity contribution in [2.75, 3.05) is 0 Å². The van der Waals surface area contributed by atoms with Crippen LogP contribution < -0.4 is 13.6 Å². The molecule has 0 aliphatic rings. The van der Waals surface area contributed by atoms with Crippen molar-refractivity contribution in [1.82, 2.24) is 0 Å². The summed E-state index contributed by atoms with van der Waals surface area (Å²) in [6, 6.07) is 24.8. The molecule has 3 aromatic carbocycles. The van der Waals surface area contributed by atoms with Gasteiger partial charge in [0.05, 0.1) is 0 Å². The second kappa shape index (κ2) is 12.3. The van der Waals surface area contributed by atoms with E-state index in [1.54, 1.807) is 60.7 Å². The molecule has 162 valence electrons. The largest absolute Gasteiger partial charge is 0.745 e. The number of para-hydroxylation sites is 2. The van der Waals surface area contributed by atoms with Crippen LogP contribution >= 0.6 is 24.3 Å². The molecule has 0 aromatic heterocycles. The molecule has 3 rings (SSSR count). The molecule has 0 aliphatic carbocycles. The Labute approximate surface area is 180 Å². The van der Waals surface area contributed by atoms with Gasteiger partial charge in [0.15, 0.2) is 4.31 Å². The molecule has 31 heavy (non-hydrogen) atoms. The van der Waals surface area contributed by atoms with Gasteiger partial charge in [-0.2, -0.15) is 4.57 Å². The minimum atomic E-state index is -3.90. The Bertz CT molecular complexity index is 971. The van der Waals surface area contributed by atoms with E-state index in [9.17, 15) is 13.7 Å². The number of aryl methyl sites for hydroxylation is 1. The number of hydrogen-bond acceptors (Lipinski definition) is 7. The topological polar surface area (TPSA) is 129 Å². The predicted octanol–water partition coefficient (Wildman–Crippen LogP) is 5.94. The fraction of sp³-hybridized carbons (Fsp3) is 0.0526. The lowest BCUT2D eigenvalue weighted by atomic mass is 10.2. The second-order valence-electron chi connectivity index (χ2n) is 5.72. The third kappa shape index (κ3) is 9.81. The van der Waals surface area contributed by atoms with E-state index in [2.05, 4.69) is 4.31 Å². The van der Waals surface area contributed by atoms with Crippen LogP contribution in [0.1, 0.15) is 5.56 Å². The van der Waals surface area contributed by atoms with Gasteiger partial charge in [0.1, 0.15) is 17.2 Å². The Hall–Kier alpha value is -2.63. The van der Waals surface area contributed by atoms with Crippen LogP contribution in [-0.4, -0.2) is 9.79 Å². The molecule has 0 fully saturated rings. The number of benzene rings is 3. The first-order valence-electron chi connectivity index (χ1n) is 8.62. The Morgan fingerprint density at radius 1 is 0.645 bits per heavy atom. The van der Waals surface area contributed by atoms with Crippen molar-refractivity contribution in [2.45, 2.75) is 6.92 Å². The van der Waals surface area contributed by atoms with E-state index in [-0.39, 0.29) is 0 Å². The van der Waals surface area contributed by atoms with Crippen molar-refractivity contribution in [3.8, 4) is 17.2 Å². The van der Waals surface area contributed by atoms with Crippen LogP contribution in [0.25, 0.3) is 0 Å². The molecule has 0 heterocycles. The first-order valence-corrected chi connectivity index (χ1v) is 12.3. The van der Waals surface area contributed by atoms with E-state index in [0.29, 0.717) is 17.2 Å². The summed E-state index contributed by atoms with van der Waals surface area (Å²) in [6.07, 6.45) is 0. The minimum Gasteiger partial charge on any atom is -0.386 e. The summed E-state index contributed by atoms with van der Waals surface area (Å²) in [6.45, 7) is 1.96. The zero-order valence-electron chi connectivity index (χ0n) is 16.2. The molecule has 0 aliphatic heterocycles. The Kier molecular flexibility index (Phi) is 9.76. The monoisotopic (exact) mass is 484 g/mol. The van der Waals surface area contributed by atoms with Crippen molar-refractivity contribution < 1.29 is 41.4 Å². The Balaban J connectivity index is 0.000000423. The highest BCUT2D eigenvalue weighted by molar-refractivity contribution is 7.49. The molecule has 2 atom stereocenters. The first kappa shape index (κ1) is 24.6. The summed E-state index contributed by atoms with van der Waals surface area (Å²) in [7, 11) is -9.75. The first-order chi connectivity index (χ1) is 14.8. The van der Waals surface area contributed by atoms with Crippen molar-refractivity contribution in [3.63, 3.8) is 0 Å². The highest BCUT2D eigenvalue weighted by Crippen LogP contribution is 2.49. The van der Waals surface area contributed by atoms with Gasteiger partial charge in [0.2, 0.25) is 0 Å². The molecule has 2 unspecified atom stereocenters. The molecule has 0 spiro atoms. The number of rotatable bonds is 8. The number of hydrogen-bond donors (Lipinski definition) is 2. The molecule has 9 nitrogen and oxygen atoms in total. The highest BCUT2D eigenvalue weighted by Gasteiger charge is 2.33. The molecular formula is C19H19O9P3+2. The van der Waals surface area contributed by atoms with Gasteiger partial charge in [0, 0.05) is 9.13 Å². The van der Waals surface area contributed by atoms with Crippen LogP contribution in [-0.2, 0) is 18.0 Å². The van der Waals surface area contributed by atoms with Gasteiger partial charge in [0.25, 0.3) is 0 Å². The van der Waals surface area contributed by atoms with Gasteiger partial charge in [-0.3, -0.25) is 0 Å². The van der Waals surface area contributed by atoms with Gasteiger partial charge in [-0.1, -0.05) is 54.1 Å². The zero-order valence-corrected chi connectivity index (χ0v) is 18.9. The lowest BCUT2D eigenvalue weighted by Gasteiger charge is -2.19. The van der Waals surface area contributed by atoms with Crippen LogP contribution in [0.4, 0.5) is 0 Å². The summed E-state index contributed by atoms with van der Waals surface area (Å²) < 4.78 is 52.0. The molecule has 0 radical (unpaired) electrons. The van der Waals surface area contributed by atoms with E-state index in [4.69, 9.17) is 23.4 Å².